The summed E-state index contributed by atoms with van der Waals surface area (Å²) in [6.07, 6.45) is -10.4. The SMILES string of the molecule is N=C1C=NC(C2OC(COP(=O)(NCc3ccccc3)OCc3ccc([N+](=O)[O-])c(Oc4ccc(C(F)(F)F)cc4)c3)C(O)C2(F)F)C(=O)N1. The van der Waals surface area contributed by atoms with E-state index in [9.17, 15) is 37.8 Å². The van der Waals surface area contributed by atoms with Crippen LogP contribution in [0.15, 0.2) is 77.8 Å². The number of aliphatic imine (C=N–C) groups is 1. The van der Waals surface area contributed by atoms with E-state index in [4.69, 9.17) is 23.9 Å². The summed E-state index contributed by atoms with van der Waals surface area (Å²) in [5.74, 6) is -6.04. The molecule has 5 rings (SSSR count). The number of nitro groups is 1. The lowest BCUT2D eigenvalue weighted by Gasteiger charge is -2.26. The van der Waals surface area contributed by atoms with Crippen LogP contribution in [0.3, 0.4) is 0 Å². The summed E-state index contributed by atoms with van der Waals surface area (Å²) in [5.41, 5.74) is -0.785. The van der Waals surface area contributed by atoms with Crippen LogP contribution in [-0.4, -0.2) is 64.9 Å². The van der Waals surface area contributed by atoms with Crippen molar-refractivity contribution in [1.82, 2.24) is 10.4 Å². The van der Waals surface area contributed by atoms with E-state index in [1.807, 2.05) is 5.32 Å². The number of carbonyl (C=O) groups is 1. The monoisotopic (exact) mass is 727 g/mol. The van der Waals surface area contributed by atoms with Gasteiger partial charge in [-0.05, 0) is 47.5 Å². The first kappa shape index (κ1) is 36.6. The molecule has 1 saturated heterocycles. The van der Waals surface area contributed by atoms with Gasteiger partial charge in [0, 0.05) is 12.6 Å². The smallest absolute Gasteiger partial charge is 0.416 e. The quantitative estimate of drug-likeness (QED) is 0.0792. The minimum atomic E-state index is -4.62. The number of ether oxygens (including phenoxy) is 2. The van der Waals surface area contributed by atoms with Crippen LogP contribution in [0, 0.1) is 15.5 Å². The number of nitrogens with zero attached hydrogens (tertiary/aromatic N) is 2. The van der Waals surface area contributed by atoms with Crippen LogP contribution >= 0.6 is 7.75 Å². The Kier molecular flexibility index (Phi) is 10.8. The van der Waals surface area contributed by atoms with Gasteiger partial charge >= 0.3 is 25.5 Å². The first-order chi connectivity index (χ1) is 23.6. The fourth-order valence-corrected chi connectivity index (χ4v) is 6.12. The van der Waals surface area contributed by atoms with E-state index < -0.39 is 85.3 Å². The zero-order chi connectivity index (χ0) is 36.3. The number of hydrogen-bond acceptors (Lipinski definition) is 11. The normalized spacial score (nSPS) is 22.9. The maximum Gasteiger partial charge on any atom is 0.416 e. The lowest BCUT2D eigenvalue weighted by atomic mass is 10.00. The molecule has 2 aliphatic rings. The van der Waals surface area contributed by atoms with Gasteiger partial charge in [-0.1, -0.05) is 30.3 Å². The second-order valence-electron chi connectivity index (χ2n) is 10.9. The summed E-state index contributed by atoms with van der Waals surface area (Å²) in [4.78, 5) is 26.7. The van der Waals surface area contributed by atoms with E-state index in [2.05, 4.69) is 10.1 Å². The van der Waals surface area contributed by atoms with E-state index in [-0.39, 0.29) is 23.6 Å². The molecule has 3 aromatic carbocycles. The number of nitro benzene ring substituents is 1. The molecule has 14 nitrogen and oxygen atoms in total. The number of amidine groups is 1. The fraction of sp³-hybridized carbons (Fsp3) is 0.300. The summed E-state index contributed by atoms with van der Waals surface area (Å²) >= 11 is 0. The lowest BCUT2D eigenvalue weighted by molar-refractivity contribution is -0.385. The average Bonchev–Trinajstić information content (AvgIpc) is 3.29. The molecule has 0 aromatic heterocycles. The van der Waals surface area contributed by atoms with Crippen LogP contribution in [-0.2, 0) is 42.5 Å². The molecule has 266 valence electrons. The van der Waals surface area contributed by atoms with Crippen molar-refractivity contribution in [2.75, 3.05) is 6.61 Å². The molecule has 4 N–H and O–H groups in total. The Bertz CT molecular complexity index is 1810. The molecule has 20 heteroatoms. The maximum absolute atomic E-state index is 15.1. The lowest BCUT2D eigenvalue weighted by Crippen LogP contribution is -2.53. The van der Waals surface area contributed by atoms with Crippen molar-refractivity contribution in [1.29, 1.82) is 5.41 Å². The molecule has 50 heavy (non-hydrogen) atoms. The fourth-order valence-electron chi connectivity index (χ4n) is 4.83. The van der Waals surface area contributed by atoms with E-state index in [1.54, 1.807) is 30.3 Å². The van der Waals surface area contributed by atoms with Gasteiger partial charge in [-0.3, -0.25) is 34.4 Å². The number of rotatable bonds is 13. The molecule has 0 spiro atoms. The highest BCUT2D eigenvalue weighted by Crippen LogP contribution is 2.47. The minimum absolute atomic E-state index is 0.115. The van der Waals surface area contributed by atoms with Crippen LogP contribution in [0.1, 0.15) is 16.7 Å². The van der Waals surface area contributed by atoms with Crippen molar-refractivity contribution in [3.05, 3.63) is 99.6 Å². The summed E-state index contributed by atoms with van der Waals surface area (Å²) in [6.45, 7) is -1.62. The van der Waals surface area contributed by atoms with Gasteiger partial charge < -0.3 is 19.9 Å². The number of aliphatic hydroxyl groups excluding tert-OH is 1. The van der Waals surface area contributed by atoms with Crippen LogP contribution in [0.4, 0.5) is 27.6 Å². The van der Waals surface area contributed by atoms with E-state index in [1.165, 1.54) is 6.07 Å². The average molecular weight is 728 g/mol. The summed E-state index contributed by atoms with van der Waals surface area (Å²) in [5, 5.41) is 34.0. The predicted molar refractivity (Wildman–Crippen MR) is 164 cm³/mol. The summed E-state index contributed by atoms with van der Waals surface area (Å²) < 4.78 is 105. The molecule has 5 atom stereocenters. The number of hydrogen-bond donors (Lipinski definition) is 4. The third-order valence-corrected chi connectivity index (χ3v) is 8.89. The third kappa shape index (κ3) is 8.55. The van der Waals surface area contributed by atoms with Gasteiger partial charge in [0.1, 0.15) is 23.8 Å². The number of carbonyl (C=O) groups excluding carboxylic acids is 1. The molecule has 3 aromatic rings. The molecular weight excluding hydrogens is 700 g/mol. The Balaban J connectivity index is 1.33. The van der Waals surface area contributed by atoms with Gasteiger partial charge in [0.2, 0.25) is 5.75 Å². The Morgan fingerprint density at radius 3 is 2.42 bits per heavy atom. The second kappa shape index (κ2) is 14.7. The van der Waals surface area contributed by atoms with Gasteiger partial charge in [-0.15, -0.1) is 0 Å². The molecule has 2 heterocycles. The highest BCUT2D eigenvalue weighted by molar-refractivity contribution is 7.51. The standard InChI is InChI=1S/C30H27F5N5O9P/c31-29(32)26(41)23(49-27(29)25-28(42)39-24(36)14-37-25)16-47-50(45,38-13-17-4-2-1-3-5-17)46-15-18-6-11-21(40(43)44)22(12-18)48-20-9-7-19(8-10-20)30(33,34)35/h1-12,14,23,25-27,41H,13,15-16H2,(H,38,45)(H2,36,39,42). The zero-order valence-electron chi connectivity index (χ0n) is 25.4. The Morgan fingerprint density at radius 1 is 1.08 bits per heavy atom. The van der Waals surface area contributed by atoms with Crippen LogP contribution < -0.4 is 15.1 Å². The Hall–Kier alpha value is -4.65. The van der Waals surface area contributed by atoms with Crippen molar-refractivity contribution in [2.45, 2.75) is 49.6 Å². The van der Waals surface area contributed by atoms with E-state index >= 15 is 8.78 Å². The van der Waals surface area contributed by atoms with Crippen molar-refractivity contribution in [3.63, 3.8) is 0 Å². The maximum atomic E-state index is 15.1. The van der Waals surface area contributed by atoms with Crippen LogP contribution in [0.25, 0.3) is 0 Å². The number of halogens is 5. The van der Waals surface area contributed by atoms with Gasteiger partial charge in [0.05, 0.1) is 29.9 Å². The molecule has 0 saturated carbocycles. The molecule has 1 fully saturated rings. The zero-order valence-corrected chi connectivity index (χ0v) is 26.3. The number of benzene rings is 3. The first-order valence-corrected chi connectivity index (χ1v) is 16.0. The first-order valence-electron chi connectivity index (χ1n) is 14.5. The largest absolute Gasteiger partial charge is 0.450 e. The predicted octanol–water partition coefficient (Wildman–Crippen LogP) is 5.15. The van der Waals surface area contributed by atoms with Crippen molar-refractivity contribution in [2.24, 2.45) is 4.99 Å². The Morgan fingerprint density at radius 2 is 1.78 bits per heavy atom. The van der Waals surface area contributed by atoms with Gasteiger partial charge in [-0.25, -0.2) is 18.4 Å². The highest BCUT2D eigenvalue weighted by atomic mass is 31.2. The Labute approximate surface area is 279 Å². The number of amides is 1. The van der Waals surface area contributed by atoms with Crippen molar-refractivity contribution >= 4 is 31.4 Å². The van der Waals surface area contributed by atoms with Gasteiger partial charge in [0.25, 0.3) is 5.91 Å². The van der Waals surface area contributed by atoms with E-state index in [0.29, 0.717) is 5.56 Å². The summed E-state index contributed by atoms with van der Waals surface area (Å²) in [7, 11) is -4.48. The molecule has 2 aliphatic heterocycles. The highest BCUT2D eigenvalue weighted by Gasteiger charge is 2.62. The van der Waals surface area contributed by atoms with Crippen molar-refractivity contribution in [3.8, 4) is 11.5 Å². The third-order valence-electron chi connectivity index (χ3n) is 7.38. The molecule has 1 amide bonds. The number of nitrogens with one attached hydrogen (secondary N) is 3. The van der Waals surface area contributed by atoms with Crippen LogP contribution in [0.5, 0.6) is 11.5 Å². The van der Waals surface area contributed by atoms with E-state index in [0.717, 1.165) is 42.6 Å². The van der Waals surface area contributed by atoms with Crippen LogP contribution in [0.2, 0.25) is 0 Å². The van der Waals surface area contributed by atoms with Crippen molar-refractivity contribution < 1.29 is 59.9 Å². The number of aliphatic hydroxyl groups is 1. The second-order valence-corrected chi connectivity index (χ2v) is 12.7. The minimum Gasteiger partial charge on any atom is -0.450 e. The topological polar surface area (TPSA) is 195 Å². The molecule has 0 radical (unpaired) electrons. The number of alkyl halides is 5. The molecule has 0 bridgehead atoms. The molecule has 0 aliphatic carbocycles. The van der Waals surface area contributed by atoms with Gasteiger partial charge in [-0.2, -0.15) is 13.2 Å². The van der Waals surface area contributed by atoms with Gasteiger partial charge in [0.15, 0.2) is 12.1 Å². The summed E-state index contributed by atoms with van der Waals surface area (Å²) in [6, 6.07) is 13.4. The molecule has 5 unspecified atom stereocenters. The molecular formula is C30H27F5N5O9P.